The van der Waals surface area contributed by atoms with Gasteiger partial charge in [0.25, 0.3) is 5.91 Å². The number of benzene rings is 2. The monoisotopic (exact) mass is 486 g/mol. The Bertz CT molecular complexity index is 866. The van der Waals surface area contributed by atoms with Crippen LogP contribution in [0.25, 0.3) is 6.08 Å². The van der Waals surface area contributed by atoms with E-state index in [9.17, 15) is 10.1 Å². The number of nitrogens with one attached hydrogen (secondary N) is 1. The first-order chi connectivity index (χ1) is 11.3. The van der Waals surface area contributed by atoms with Gasteiger partial charge >= 0.3 is 0 Å². The van der Waals surface area contributed by atoms with Crippen molar-refractivity contribution in [2.75, 3.05) is 5.32 Å². The maximum Gasteiger partial charge on any atom is 0.266 e. The lowest BCUT2D eigenvalue weighted by molar-refractivity contribution is -0.112. The standard InChI is InChI=1S/C17H10Br2Cl2N2O/c1-9-4-13(18)16(14(19)5-9)23-17(24)11(8-22)6-10-2-3-12(20)7-15(10)21/h2-7H,1H3,(H,23,24)/b11-6+. The molecule has 0 saturated heterocycles. The molecule has 0 saturated carbocycles. The number of nitriles is 1. The van der Waals surface area contributed by atoms with Crippen LogP contribution in [0.5, 0.6) is 0 Å². The highest BCUT2D eigenvalue weighted by Crippen LogP contribution is 2.32. The van der Waals surface area contributed by atoms with Crippen LogP contribution in [-0.2, 0) is 4.79 Å². The lowest BCUT2D eigenvalue weighted by Gasteiger charge is -2.10. The van der Waals surface area contributed by atoms with Crippen molar-refractivity contribution >= 4 is 72.7 Å². The molecule has 24 heavy (non-hydrogen) atoms. The number of halogens is 4. The van der Waals surface area contributed by atoms with Crippen molar-refractivity contribution in [2.45, 2.75) is 6.92 Å². The summed E-state index contributed by atoms with van der Waals surface area (Å²) in [5, 5.41) is 12.8. The minimum Gasteiger partial charge on any atom is -0.319 e. The first kappa shape index (κ1) is 19.0. The molecule has 0 aliphatic rings. The molecular formula is C17H10Br2Cl2N2O. The smallest absolute Gasteiger partial charge is 0.266 e. The molecule has 0 radical (unpaired) electrons. The van der Waals surface area contributed by atoms with E-state index in [1.807, 2.05) is 25.1 Å². The number of aryl methyl sites for hydroxylation is 1. The van der Waals surface area contributed by atoms with E-state index in [0.29, 0.717) is 30.2 Å². The molecule has 1 N–H and O–H groups in total. The molecule has 1 amide bonds. The second-order valence-electron chi connectivity index (χ2n) is 4.89. The Morgan fingerprint density at radius 3 is 2.38 bits per heavy atom. The van der Waals surface area contributed by atoms with Crippen LogP contribution in [-0.4, -0.2) is 5.91 Å². The number of carbonyl (C=O) groups excluding carboxylic acids is 1. The van der Waals surface area contributed by atoms with Gasteiger partial charge in [-0.3, -0.25) is 4.79 Å². The van der Waals surface area contributed by atoms with E-state index >= 15 is 0 Å². The highest BCUT2D eigenvalue weighted by atomic mass is 79.9. The molecule has 7 heteroatoms. The lowest BCUT2D eigenvalue weighted by atomic mass is 10.1. The summed E-state index contributed by atoms with van der Waals surface area (Å²) in [5.74, 6) is -0.534. The predicted molar refractivity (Wildman–Crippen MR) is 105 cm³/mol. The Hall–Kier alpha value is -1.32. The number of rotatable bonds is 3. The van der Waals surface area contributed by atoms with Gasteiger partial charge in [-0.25, -0.2) is 0 Å². The number of anilines is 1. The Morgan fingerprint density at radius 1 is 1.21 bits per heavy atom. The number of amides is 1. The van der Waals surface area contributed by atoms with Crippen molar-refractivity contribution in [3.05, 3.63) is 66.0 Å². The summed E-state index contributed by atoms with van der Waals surface area (Å²) in [5.41, 5.74) is 2.04. The van der Waals surface area contributed by atoms with Gasteiger partial charge in [-0.15, -0.1) is 0 Å². The van der Waals surface area contributed by atoms with Crippen LogP contribution in [0.2, 0.25) is 10.0 Å². The van der Waals surface area contributed by atoms with E-state index in [-0.39, 0.29) is 5.57 Å². The quantitative estimate of drug-likeness (QED) is 0.403. The zero-order valence-corrected chi connectivity index (χ0v) is 17.0. The van der Waals surface area contributed by atoms with Crippen LogP contribution >= 0.6 is 55.1 Å². The van der Waals surface area contributed by atoms with Crippen molar-refractivity contribution in [1.29, 1.82) is 5.26 Å². The predicted octanol–water partition coefficient (Wildman–Crippen LogP) is 6.37. The Morgan fingerprint density at radius 2 is 1.83 bits per heavy atom. The minimum absolute atomic E-state index is 0.0707. The van der Waals surface area contributed by atoms with Crippen LogP contribution < -0.4 is 5.32 Å². The van der Waals surface area contributed by atoms with E-state index in [2.05, 4.69) is 37.2 Å². The highest BCUT2D eigenvalue weighted by molar-refractivity contribution is 9.11. The second-order valence-corrected chi connectivity index (χ2v) is 7.45. The van der Waals surface area contributed by atoms with E-state index < -0.39 is 5.91 Å². The van der Waals surface area contributed by atoms with Gasteiger partial charge in [0.2, 0.25) is 0 Å². The maximum absolute atomic E-state index is 12.4. The van der Waals surface area contributed by atoms with Crippen LogP contribution in [0.3, 0.4) is 0 Å². The molecule has 2 aromatic rings. The van der Waals surface area contributed by atoms with Gasteiger partial charge in [0.05, 0.1) is 5.69 Å². The summed E-state index contributed by atoms with van der Waals surface area (Å²) in [6, 6.07) is 10.5. The van der Waals surface area contributed by atoms with E-state index in [0.717, 1.165) is 5.56 Å². The van der Waals surface area contributed by atoms with E-state index in [1.54, 1.807) is 18.2 Å². The van der Waals surface area contributed by atoms with Gasteiger partial charge in [-0.2, -0.15) is 5.26 Å². The fourth-order valence-corrected chi connectivity index (χ4v) is 4.00. The molecule has 0 heterocycles. The molecule has 2 rings (SSSR count). The molecule has 0 fully saturated rings. The van der Waals surface area contributed by atoms with Crippen LogP contribution in [0.15, 0.2) is 44.9 Å². The molecule has 0 bridgehead atoms. The fourth-order valence-electron chi connectivity index (χ4n) is 1.92. The second kappa shape index (κ2) is 8.17. The summed E-state index contributed by atoms with van der Waals surface area (Å²) in [6.45, 7) is 1.93. The van der Waals surface area contributed by atoms with Crippen LogP contribution in [0.1, 0.15) is 11.1 Å². The molecule has 0 unspecified atom stereocenters. The minimum atomic E-state index is -0.534. The first-order valence-electron chi connectivity index (χ1n) is 6.65. The molecule has 122 valence electrons. The van der Waals surface area contributed by atoms with Crippen LogP contribution in [0.4, 0.5) is 5.69 Å². The number of nitrogens with zero attached hydrogens (tertiary/aromatic N) is 1. The average molecular weight is 489 g/mol. The van der Waals surface area contributed by atoms with Gasteiger partial charge in [0.15, 0.2) is 0 Å². The molecule has 3 nitrogen and oxygen atoms in total. The van der Waals surface area contributed by atoms with Crippen molar-refractivity contribution < 1.29 is 4.79 Å². The Balaban J connectivity index is 2.33. The van der Waals surface area contributed by atoms with Crippen molar-refractivity contribution in [1.82, 2.24) is 0 Å². The third kappa shape index (κ3) is 4.61. The SMILES string of the molecule is Cc1cc(Br)c(NC(=O)/C(C#N)=C/c2ccc(Cl)cc2Cl)c(Br)c1. The highest BCUT2D eigenvalue weighted by Gasteiger charge is 2.14. The first-order valence-corrected chi connectivity index (χ1v) is 9.00. The van der Waals surface area contributed by atoms with Gasteiger partial charge in [-0.1, -0.05) is 29.3 Å². The normalized spacial score (nSPS) is 11.1. The van der Waals surface area contributed by atoms with Crippen LogP contribution in [0, 0.1) is 18.3 Å². The number of hydrogen-bond acceptors (Lipinski definition) is 2. The average Bonchev–Trinajstić information content (AvgIpc) is 2.50. The van der Waals surface area contributed by atoms with Crippen molar-refractivity contribution in [3.8, 4) is 6.07 Å². The van der Waals surface area contributed by atoms with Gasteiger partial charge in [-0.05, 0) is 80.3 Å². The van der Waals surface area contributed by atoms with Crippen molar-refractivity contribution in [3.63, 3.8) is 0 Å². The lowest BCUT2D eigenvalue weighted by Crippen LogP contribution is -2.14. The third-order valence-corrected chi connectivity index (χ3v) is 4.87. The molecule has 0 atom stereocenters. The fraction of sp³-hybridized carbons (Fsp3) is 0.0588. The molecule has 0 spiro atoms. The summed E-state index contributed by atoms with van der Waals surface area (Å²) >= 11 is 18.7. The zero-order chi connectivity index (χ0) is 17.9. The van der Waals surface area contributed by atoms with Crippen molar-refractivity contribution in [2.24, 2.45) is 0 Å². The molecular weight excluding hydrogens is 479 g/mol. The third-order valence-electron chi connectivity index (χ3n) is 3.05. The molecule has 0 aliphatic carbocycles. The zero-order valence-electron chi connectivity index (χ0n) is 12.3. The topological polar surface area (TPSA) is 52.9 Å². The summed E-state index contributed by atoms with van der Waals surface area (Å²) in [6.07, 6.45) is 1.42. The van der Waals surface area contributed by atoms with Gasteiger partial charge < -0.3 is 5.32 Å². The number of carbonyl (C=O) groups is 1. The number of hydrogen-bond donors (Lipinski definition) is 1. The Kier molecular flexibility index (Phi) is 6.47. The van der Waals surface area contributed by atoms with Gasteiger partial charge in [0, 0.05) is 19.0 Å². The molecule has 2 aromatic carbocycles. The van der Waals surface area contributed by atoms with Gasteiger partial charge in [0.1, 0.15) is 11.6 Å². The maximum atomic E-state index is 12.4. The Labute approximate surface area is 166 Å². The largest absolute Gasteiger partial charge is 0.319 e. The summed E-state index contributed by atoms with van der Waals surface area (Å²) in [7, 11) is 0. The molecule has 0 aliphatic heterocycles. The van der Waals surface area contributed by atoms with E-state index in [1.165, 1.54) is 6.08 Å². The van der Waals surface area contributed by atoms with E-state index in [4.69, 9.17) is 23.2 Å². The summed E-state index contributed by atoms with van der Waals surface area (Å²) < 4.78 is 1.43. The summed E-state index contributed by atoms with van der Waals surface area (Å²) in [4.78, 5) is 12.4. The molecule has 0 aromatic heterocycles.